The second-order valence-corrected chi connectivity index (χ2v) is 6.06. The molecule has 1 aromatic rings. The first-order valence-electron chi connectivity index (χ1n) is 6.38. The Bertz CT molecular complexity index is 406. The Balaban J connectivity index is 2.45. The summed E-state index contributed by atoms with van der Waals surface area (Å²) in [7, 11) is 2.03. The van der Waals surface area contributed by atoms with E-state index in [1.54, 1.807) is 0 Å². The Morgan fingerprint density at radius 3 is 2.59 bits per heavy atom. The quantitative estimate of drug-likeness (QED) is 0.804. The number of hydrogen-bond donors (Lipinski definition) is 1. The molecule has 0 aromatic heterocycles. The molecule has 0 radical (unpaired) electrons. The molecule has 2 nitrogen and oxygen atoms in total. The van der Waals surface area contributed by atoms with E-state index in [1.807, 2.05) is 7.05 Å². The molecule has 1 aliphatic heterocycles. The Morgan fingerprint density at radius 1 is 1.29 bits per heavy atom. The number of hydrogen-bond acceptors (Lipinski definition) is 2. The molecule has 1 aliphatic rings. The molecule has 0 saturated heterocycles. The summed E-state index contributed by atoms with van der Waals surface area (Å²) in [5.74, 6) is 1.55. The van der Waals surface area contributed by atoms with Gasteiger partial charge in [0.05, 0.1) is 6.61 Å². The van der Waals surface area contributed by atoms with Gasteiger partial charge < -0.3 is 10.1 Å². The van der Waals surface area contributed by atoms with E-state index in [-0.39, 0.29) is 5.41 Å². The fourth-order valence-electron chi connectivity index (χ4n) is 2.45. The lowest BCUT2D eigenvalue weighted by molar-refractivity contribution is 0.193. The molecule has 0 fully saturated rings. The van der Waals surface area contributed by atoms with Gasteiger partial charge in [-0.3, -0.25) is 0 Å². The van der Waals surface area contributed by atoms with Gasteiger partial charge in [-0.2, -0.15) is 0 Å². The lowest BCUT2D eigenvalue weighted by Gasteiger charge is -2.33. The van der Waals surface area contributed by atoms with Crippen LogP contribution >= 0.6 is 0 Å². The van der Waals surface area contributed by atoms with Crippen molar-refractivity contribution in [2.24, 2.45) is 5.92 Å². The molecule has 2 unspecified atom stereocenters. The molecule has 17 heavy (non-hydrogen) atoms. The van der Waals surface area contributed by atoms with E-state index in [2.05, 4.69) is 51.2 Å². The molecule has 1 aromatic carbocycles. The molecule has 1 heterocycles. The van der Waals surface area contributed by atoms with Crippen molar-refractivity contribution in [1.82, 2.24) is 5.32 Å². The van der Waals surface area contributed by atoms with Crippen LogP contribution in [0.5, 0.6) is 5.75 Å². The number of rotatable bonds is 1. The first kappa shape index (κ1) is 12.4. The third-order valence-electron chi connectivity index (χ3n) is 3.59. The maximum atomic E-state index is 5.80. The maximum Gasteiger partial charge on any atom is 0.124 e. The van der Waals surface area contributed by atoms with Crippen molar-refractivity contribution in [1.29, 1.82) is 0 Å². The molecule has 0 spiro atoms. The zero-order valence-corrected chi connectivity index (χ0v) is 11.5. The third kappa shape index (κ3) is 2.32. The monoisotopic (exact) mass is 233 g/mol. The molecular formula is C15H23NO. The normalized spacial score (nSPS) is 24.1. The van der Waals surface area contributed by atoms with Crippen LogP contribution in [0.15, 0.2) is 18.2 Å². The summed E-state index contributed by atoms with van der Waals surface area (Å²) in [6.45, 7) is 9.77. The van der Waals surface area contributed by atoms with Gasteiger partial charge in [-0.05, 0) is 30.2 Å². The lowest BCUT2D eigenvalue weighted by atomic mass is 9.83. The second kappa shape index (κ2) is 4.34. The molecule has 2 atom stereocenters. The van der Waals surface area contributed by atoms with Crippen molar-refractivity contribution in [3.8, 4) is 5.75 Å². The number of benzene rings is 1. The first-order valence-corrected chi connectivity index (χ1v) is 6.38. The highest BCUT2D eigenvalue weighted by molar-refractivity contribution is 5.43. The largest absolute Gasteiger partial charge is 0.493 e. The van der Waals surface area contributed by atoms with E-state index >= 15 is 0 Å². The van der Waals surface area contributed by atoms with Crippen LogP contribution in [0.3, 0.4) is 0 Å². The topological polar surface area (TPSA) is 21.3 Å². The molecule has 2 rings (SSSR count). The van der Waals surface area contributed by atoms with Crippen LogP contribution in [0.25, 0.3) is 0 Å². The van der Waals surface area contributed by atoms with Gasteiger partial charge in [0.25, 0.3) is 0 Å². The highest BCUT2D eigenvalue weighted by Crippen LogP contribution is 2.37. The second-order valence-electron chi connectivity index (χ2n) is 6.06. The minimum absolute atomic E-state index is 0.188. The molecule has 2 heteroatoms. The van der Waals surface area contributed by atoms with E-state index in [1.165, 1.54) is 11.1 Å². The van der Waals surface area contributed by atoms with Crippen LogP contribution in [-0.2, 0) is 5.41 Å². The van der Waals surface area contributed by atoms with Crippen LogP contribution in [0.2, 0.25) is 0 Å². The fraction of sp³-hybridized carbons (Fsp3) is 0.600. The van der Waals surface area contributed by atoms with Gasteiger partial charge >= 0.3 is 0 Å². The maximum absolute atomic E-state index is 5.80. The van der Waals surface area contributed by atoms with Crippen LogP contribution in [-0.4, -0.2) is 13.7 Å². The number of ether oxygens (including phenoxy) is 1. The predicted molar refractivity (Wildman–Crippen MR) is 71.6 cm³/mol. The SMILES string of the molecule is CNC1c2cc(C(C)(C)C)ccc2OCC1C. The van der Waals surface area contributed by atoms with Crippen molar-refractivity contribution in [2.45, 2.75) is 39.2 Å². The van der Waals surface area contributed by atoms with Gasteiger partial charge in [0.15, 0.2) is 0 Å². The Hall–Kier alpha value is -1.02. The van der Waals surface area contributed by atoms with E-state index in [9.17, 15) is 0 Å². The van der Waals surface area contributed by atoms with E-state index in [4.69, 9.17) is 4.74 Å². The van der Waals surface area contributed by atoms with Gasteiger partial charge in [-0.1, -0.05) is 33.8 Å². The third-order valence-corrected chi connectivity index (χ3v) is 3.59. The molecule has 0 aliphatic carbocycles. The van der Waals surface area contributed by atoms with Crippen LogP contribution in [0.1, 0.15) is 44.9 Å². The van der Waals surface area contributed by atoms with Gasteiger partial charge in [0.2, 0.25) is 0 Å². The molecule has 0 amide bonds. The summed E-state index contributed by atoms with van der Waals surface area (Å²) in [6.07, 6.45) is 0. The molecular weight excluding hydrogens is 210 g/mol. The summed E-state index contributed by atoms with van der Waals surface area (Å²) in [4.78, 5) is 0. The van der Waals surface area contributed by atoms with Gasteiger partial charge in [-0.15, -0.1) is 0 Å². The van der Waals surface area contributed by atoms with Crippen molar-refractivity contribution >= 4 is 0 Å². The van der Waals surface area contributed by atoms with Crippen molar-refractivity contribution in [3.05, 3.63) is 29.3 Å². The highest BCUT2D eigenvalue weighted by atomic mass is 16.5. The molecule has 0 saturated carbocycles. The summed E-state index contributed by atoms with van der Waals surface area (Å²) < 4.78 is 5.80. The Morgan fingerprint density at radius 2 is 2.00 bits per heavy atom. The minimum Gasteiger partial charge on any atom is -0.493 e. The van der Waals surface area contributed by atoms with Crippen molar-refractivity contribution < 1.29 is 4.74 Å². The van der Waals surface area contributed by atoms with Crippen LogP contribution in [0, 0.1) is 5.92 Å². The summed E-state index contributed by atoms with van der Waals surface area (Å²) in [6, 6.07) is 7.00. The van der Waals surface area contributed by atoms with Crippen LogP contribution < -0.4 is 10.1 Å². The number of nitrogens with one attached hydrogen (secondary N) is 1. The summed E-state index contributed by atoms with van der Waals surface area (Å²) >= 11 is 0. The van der Waals surface area contributed by atoms with E-state index in [0.717, 1.165) is 12.4 Å². The minimum atomic E-state index is 0.188. The van der Waals surface area contributed by atoms with Crippen LogP contribution in [0.4, 0.5) is 0 Å². The number of fused-ring (bicyclic) bond motifs is 1. The lowest BCUT2D eigenvalue weighted by Crippen LogP contribution is -2.32. The standard InChI is InChI=1S/C15H23NO/c1-10-9-17-13-7-6-11(15(2,3)4)8-12(13)14(10)16-5/h6-8,10,14,16H,9H2,1-5H3. The van der Waals surface area contributed by atoms with Crippen molar-refractivity contribution in [2.75, 3.05) is 13.7 Å². The zero-order chi connectivity index (χ0) is 12.6. The Labute approximate surface area is 104 Å². The van der Waals surface area contributed by atoms with Gasteiger partial charge in [-0.25, -0.2) is 0 Å². The van der Waals surface area contributed by atoms with E-state index in [0.29, 0.717) is 12.0 Å². The zero-order valence-electron chi connectivity index (χ0n) is 11.5. The molecule has 1 N–H and O–H groups in total. The summed E-state index contributed by atoms with van der Waals surface area (Å²) in [5.41, 5.74) is 2.86. The first-order chi connectivity index (χ1) is 7.93. The average Bonchev–Trinajstić information content (AvgIpc) is 2.27. The van der Waals surface area contributed by atoms with Gasteiger partial charge in [0, 0.05) is 17.5 Å². The Kier molecular flexibility index (Phi) is 3.17. The fourth-order valence-corrected chi connectivity index (χ4v) is 2.45. The summed E-state index contributed by atoms with van der Waals surface area (Å²) in [5, 5.41) is 3.41. The predicted octanol–water partition coefficient (Wildman–Crippen LogP) is 3.27. The average molecular weight is 233 g/mol. The van der Waals surface area contributed by atoms with Gasteiger partial charge in [0.1, 0.15) is 5.75 Å². The van der Waals surface area contributed by atoms with E-state index < -0.39 is 0 Å². The molecule has 0 bridgehead atoms. The van der Waals surface area contributed by atoms with Crippen molar-refractivity contribution in [3.63, 3.8) is 0 Å². The smallest absolute Gasteiger partial charge is 0.124 e. The highest BCUT2D eigenvalue weighted by Gasteiger charge is 2.28. The molecule has 94 valence electrons.